The van der Waals surface area contributed by atoms with E-state index < -0.39 is 5.76 Å². The van der Waals surface area contributed by atoms with Crippen LogP contribution in [-0.4, -0.2) is 22.8 Å². The first-order chi connectivity index (χ1) is 9.19. The molecule has 2 aromatic rings. The van der Waals surface area contributed by atoms with Crippen LogP contribution in [0.3, 0.4) is 0 Å². The van der Waals surface area contributed by atoms with Gasteiger partial charge in [-0.3, -0.25) is 0 Å². The van der Waals surface area contributed by atoms with Crippen LogP contribution >= 0.6 is 11.8 Å². The Labute approximate surface area is 113 Å². The van der Waals surface area contributed by atoms with Crippen LogP contribution in [0.4, 0.5) is 26.2 Å². The first kappa shape index (κ1) is 13.5. The Hall–Kier alpha value is -1.89. The third-order valence-corrected chi connectivity index (χ3v) is 3.03. The normalized spacial score (nSPS) is 10.5. The van der Waals surface area contributed by atoms with Crippen molar-refractivity contribution in [1.29, 1.82) is 0 Å². The molecule has 0 saturated heterocycles. The minimum Gasteiger partial charge on any atom is -0.357 e. The van der Waals surface area contributed by atoms with Crippen LogP contribution in [0.5, 0.6) is 0 Å². The van der Waals surface area contributed by atoms with Crippen LogP contribution in [0.1, 0.15) is 0 Å². The molecule has 19 heavy (non-hydrogen) atoms. The van der Waals surface area contributed by atoms with Crippen molar-refractivity contribution in [1.82, 2.24) is 9.97 Å². The van der Waals surface area contributed by atoms with E-state index >= 15 is 0 Å². The Bertz CT molecular complexity index is 551. The summed E-state index contributed by atoms with van der Waals surface area (Å²) in [6.07, 6.45) is 1.59. The summed E-state index contributed by atoms with van der Waals surface area (Å²) in [6.45, 7) is 0. The Morgan fingerprint density at radius 2 is 2.00 bits per heavy atom. The molecule has 0 amide bonds. The highest BCUT2D eigenvalue weighted by Gasteiger charge is 2.10. The Morgan fingerprint density at radius 1 is 1.21 bits per heavy atom. The molecule has 0 aliphatic carbocycles. The van der Waals surface area contributed by atoms with E-state index in [2.05, 4.69) is 20.6 Å². The molecule has 1 aromatic carbocycles. The largest absolute Gasteiger partial charge is 0.357 e. The lowest BCUT2D eigenvalue weighted by Crippen LogP contribution is -2.00. The predicted molar refractivity (Wildman–Crippen MR) is 73.2 cm³/mol. The van der Waals surface area contributed by atoms with Crippen molar-refractivity contribution in [2.45, 2.75) is 10.7 Å². The summed E-state index contributed by atoms with van der Waals surface area (Å²) in [5.41, 5.74) is 0.591. The number of halogens is 2. The highest BCUT2D eigenvalue weighted by molar-refractivity contribution is 7.99. The third kappa shape index (κ3) is 3.78. The number of alkyl halides is 2. The van der Waals surface area contributed by atoms with E-state index in [1.54, 1.807) is 43.6 Å². The molecule has 0 fully saturated rings. The zero-order chi connectivity index (χ0) is 13.7. The van der Waals surface area contributed by atoms with Crippen molar-refractivity contribution in [3.05, 3.63) is 36.5 Å². The van der Waals surface area contributed by atoms with Gasteiger partial charge in [-0.15, -0.1) is 0 Å². The average molecular weight is 282 g/mol. The number of nitrogens with zero attached hydrogens (tertiary/aromatic N) is 2. The topological polar surface area (TPSA) is 49.8 Å². The van der Waals surface area contributed by atoms with Crippen LogP contribution in [0.15, 0.2) is 41.4 Å². The van der Waals surface area contributed by atoms with Crippen molar-refractivity contribution >= 4 is 29.2 Å². The van der Waals surface area contributed by atoms with Gasteiger partial charge in [-0.05, 0) is 18.2 Å². The number of nitrogens with one attached hydrogen (secondary N) is 2. The molecule has 0 unspecified atom stereocenters. The summed E-state index contributed by atoms with van der Waals surface area (Å²) in [6, 6.07) is 8.53. The van der Waals surface area contributed by atoms with Crippen LogP contribution in [0.25, 0.3) is 0 Å². The lowest BCUT2D eigenvalue weighted by Gasteiger charge is -2.11. The number of anilines is 3. The molecular formula is C12H12F2N4S. The molecule has 2 rings (SSSR count). The Kier molecular flexibility index (Phi) is 4.51. The van der Waals surface area contributed by atoms with Gasteiger partial charge in [-0.2, -0.15) is 13.8 Å². The molecule has 0 atom stereocenters. The maximum absolute atomic E-state index is 12.5. The number of hydrogen-bond donors (Lipinski definition) is 2. The van der Waals surface area contributed by atoms with Gasteiger partial charge >= 0.3 is 0 Å². The molecule has 100 valence electrons. The van der Waals surface area contributed by atoms with Crippen molar-refractivity contribution in [3.63, 3.8) is 0 Å². The molecule has 4 nitrogen and oxygen atoms in total. The van der Waals surface area contributed by atoms with Crippen molar-refractivity contribution < 1.29 is 8.78 Å². The Morgan fingerprint density at radius 3 is 2.74 bits per heavy atom. The van der Waals surface area contributed by atoms with Crippen LogP contribution in [-0.2, 0) is 0 Å². The SMILES string of the molecule is CNc1nccc(Nc2ccccc2SC(F)F)n1. The van der Waals surface area contributed by atoms with Gasteiger partial charge in [0, 0.05) is 18.1 Å². The fourth-order valence-corrected chi connectivity index (χ4v) is 2.05. The third-order valence-electron chi connectivity index (χ3n) is 2.25. The van der Waals surface area contributed by atoms with Crippen molar-refractivity contribution in [2.75, 3.05) is 17.7 Å². The monoisotopic (exact) mass is 282 g/mol. The fraction of sp³-hybridized carbons (Fsp3) is 0.167. The first-order valence-corrected chi connectivity index (χ1v) is 6.38. The number of hydrogen-bond acceptors (Lipinski definition) is 5. The zero-order valence-corrected chi connectivity index (χ0v) is 10.9. The maximum Gasteiger partial charge on any atom is 0.288 e. The van der Waals surface area contributed by atoms with Crippen LogP contribution in [0, 0.1) is 0 Å². The predicted octanol–water partition coefficient (Wildman–Crippen LogP) is 3.58. The molecule has 0 radical (unpaired) electrons. The molecule has 0 spiro atoms. The van der Waals surface area contributed by atoms with Gasteiger partial charge in [-0.1, -0.05) is 23.9 Å². The van der Waals surface area contributed by atoms with Gasteiger partial charge in [-0.25, -0.2) is 4.98 Å². The molecule has 7 heteroatoms. The number of thioether (sulfide) groups is 1. The second-order valence-corrected chi connectivity index (χ2v) is 4.55. The second-order valence-electron chi connectivity index (χ2n) is 3.52. The number of para-hydroxylation sites is 1. The molecule has 2 N–H and O–H groups in total. The van der Waals surface area contributed by atoms with Gasteiger partial charge < -0.3 is 10.6 Å². The summed E-state index contributed by atoms with van der Waals surface area (Å²) >= 11 is 0.499. The number of benzene rings is 1. The van der Waals surface area contributed by atoms with Crippen molar-refractivity contribution in [2.24, 2.45) is 0 Å². The zero-order valence-electron chi connectivity index (χ0n) is 10.1. The number of aromatic nitrogens is 2. The highest BCUT2D eigenvalue weighted by Crippen LogP contribution is 2.32. The van der Waals surface area contributed by atoms with Crippen molar-refractivity contribution in [3.8, 4) is 0 Å². The molecule has 0 aliphatic heterocycles. The van der Waals surface area contributed by atoms with E-state index in [1.807, 2.05) is 0 Å². The summed E-state index contributed by atoms with van der Waals surface area (Å²) in [4.78, 5) is 8.63. The molecule has 1 aromatic heterocycles. The minimum atomic E-state index is -2.46. The van der Waals surface area contributed by atoms with E-state index in [9.17, 15) is 8.78 Å². The first-order valence-electron chi connectivity index (χ1n) is 5.50. The molecular weight excluding hydrogens is 270 g/mol. The molecule has 1 heterocycles. The average Bonchev–Trinajstić information content (AvgIpc) is 2.41. The van der Waals surface area contributed by atoms with Gasteiger partial charge in [0.15, 0.2) is 0 Å². The number of rotatable bonds is 5. The lowest BCUT2D eigenvalue weighted by atomic mass is 10.3. The Balaban J connectivity index is 2.22. The summed E-state index contributed by atoms with van der Waals surface area (Å²) in [5.74, 6) is -1.45. The highest BCUT2D eigenvalue weighted by atomic mass is 32.2. The molecule has 0 bridgehead atoms. The van der Waals surface area contributed by atoms with Gasteiger partial charge in [0.25, 0.3) is 5.76 Å². The second kappa shape index (κ2) is 6.33. The van der Waals surface area contributed by atoms with Gasteiger partial charge in [0.2, 0.25) is 5.95 Å². The summed E-state index contributed by atoms with van der Waals surface area (Å²) in [5, 5.41) is 5.82. The van der Waals surface area contributed by atoms with E-state index in [4.69, 9.17) is 0 Å². The quantitative estimate of drug-likeness (QED) is 0.821. The van der Waals surface area contributed by atoms with E-state index in [-0.39, 0.29) is 0 Å². The summed E-state index contributed by atoms with van der Waals surface area (Å²) < 4.78 is 24.9. The van der Waals surface area contributed by atoms with Crippen LogP contribution < -0.4 is 10.6 Å². The fourth-order valence-electron chi connectivity index (χ4n) is 1.46. The van der Waals surface area contributed by atoms with Gasteiger partial charge in [0.05, 0.1) is 5.69 Å². The lowest BCUT2D eigenvalue weighted by molar-refractivity contribution is 0.252. The standard InChI is InChI=1S/C12H12F2N4S/c1-15-12-16-7-6-10(18-12)17-8-4-2-3-5-9(8)19-11(13)14/h2-7,11H,1H3,(H2,15,16,17,18). The van der Waals surface area contributed by atoms with E-state index in [0.29, 0.717) is 34.1 Å². The smallest absolute Gasteiger partial charge is 0.288 e. The van der Waals surface area contributed by atoms with E-state index in [1.165, 1.54) is 0 Å². The molecule has 0 aliphatic rings. The van der Waals surface area contributed by atoms with Crippen LogP contribution in [0.2, 0.25) is 0 Å². The minimum absolute atomic E-state index is 0.462. The summed E-state index contributed by atoms with van der Waals surface area (Å²) in [7, 11) is 1.71. The van der Waals surface area contributed by atoms with Gasteiger partial charge in [0.1, 0.15) is 5.82 Å². The maximum atomic E-state index is 12.5. The molecule has 0 saturated carbocycles. The van der Waals surface area contributed by atoms with E-state index in [0.717, 1.165) is 0 Å².